The lowest BCUT2D eigenvalue weighted by molar-refractivity contribution is -0.137. The van der Waals surface area contributed by atoms with E-state index in [4.69, 9.17) is 4.74 Å². The van der Waals surface area contributed by atoms with Crippen molar-refractivity contribution < 1.29 is 23.0 Å². The van der Waals surface area contributed by atoms with Crippen molar-refractivity contribution in [3.63, 3.8) is 0 Å². The fourth-order valence-corrected chi connectivity index (χ4v) is 2.78. The first kappa shape index (κ1) is 18.8. The van der Waals surface area contributed by atoms with Crippen molar-refractivity contribution in [2.24, 2.45) is 4.99 Å². The molecule has 0 bridgehead atoms. The van der Waals surface area contributed by atoms with E-state index in [2.05, 4.69) is 36.9 Å². The molecule has 0 saturated heterocycles. The second-order valence-electron chi connectivity index (χ2n) is 4.64. The van der Waals surface area contributed by atoms with Gasteiger partial charge in [-0.1, -0.05) is 12.1 Å². The molecule has 0 amide bonds. The summed E-state index contributed by atoms with van der Waals surface area (Å²) in [6.07, 6.45) is -3.35. The van der Waals surface area contributed by atoms with Crippen LogP contribution in [-0.2, 0) is 6.18 Å². The Kier molecular flexibility index (Phi) is 5.92. The molecule has 0 aromatic heterocycles. The van der Waals surface area contributed by atoms with Crippen LogP contribution < -0.4 is 4.74 Å². The van der Waals surface area contributed by atoms with Crippen LogP contribution in [0.5, 0.6) is 11.5 Å². The number of rotatable bonds is 4. The summed E-state index contributed by atoms with van der Waals surface area (Å²) in [6, 6.07) is 6.52. The summed E-state index contributed by atoms with van der Waals surface area (Å²) >= 11 is 6.57. The second kappa shape index (κ2) is 7.57. The topological polar surface area (TPSA) is 41.8 Å². The molecule has 2 aromatic carbocycles. The van der Waals surface area contributed by atoms with Gasteiger partial charge in [-0.2, -0.15) is 13.2 Å². The molecule has 2 rings (SSSR count). The molecule has 1 N–H and O–H groups in total. The SMILES string of the molecule is CCOc1cc(Br)c(Br)c(C=Nc2ccccc2C(F)(F)F)c1O. The van der Waals surface area contributed by atoms with E-state index >= 15 is 0 Å². The summed E-state index contributed by atoms with van der Waals surface area (Å²) in [4.78, 5) is 3.90. The predicted octanol–water partition coefficient (Wildman–Crippen LogP) is 6.09. The smallest absolute Gasteiger partial charge is 0.418 e. The Labute approximate surface area is 153 Å². The van der Waals surface area contributed by atoms with E-state index in [0.29, 0.717) is 15.6 Å². The number of aromatic hydroxyl groups is 1. The average molecular weight is 467 g/mol. The number of nitrogens with zero attached hydrogens (tertiary/aromatic N) is 1. The number of hydrogen-bond donors (Lipinski definition) is 1. The summed E-state index contributed by atoms with van der Waals surface area (Å²) in [6.45, 7) is 2.08. The zero-order valence-corrected chi connectivity index (χ0v) is 15.5. The third kappa shape index (κ3) is 4.10. The highest BCUT2D eigenvalue weighted by Gasteiger charge is 2.33. The van der Waals surface area contributed by atoms with Gasteiger partial charge in [0.15, 0.2) is 11.5 Å². The van der Waals surface area contributed by atoms with Crippen LogP contribution >= 0.6 is 31.9 Å². The first-order chi connectivity index (χ1) is 11.3. The maximum Gasteiger partial charge on any atom is 0.418 e. The third-order valence-electron chi connectivity index (χ3n) is 3.03. The monoisotopic (exact) mass is 465 g/mol. The van der Waals surface area contributed by atoms with Crippen LogP contribution in [0.15, 0.2) is 44.3 Å². The Morgan fingerprint density at radius 1 is 1.25 bits per heavy atom. The van der Waals surface area contributed by atoms with Gasteiger partial charge in [-0.05, 0) is 57.0 Å². The lowest BCUT2D eigenvalue weighted by Crippen LogP contribution is -2.04. The van der Waals surface area contributed by atoms with Crippen molar-refractivity contribution in [3.05, 3.63) is 50.4 Å². The first-order valence-electron chi connectivity index (χ1n) is 6.79. The second-order valence-corrected chi connectivity index (χ2v) is 6.29. The lowest BCUT2D eigenvalue weighted by atomic mass is 10.1. The maximum absolute atomic E-state index is 13.0. The number of hydrogen-bond acceptors (Lipinski definition) is 3. The molecule has 128 valence electrons. The van der Waals surface area contributed by atoms with E-state index in [1.807, 2.05) is 0 Å². The molecule has 0 fully saturated rings. The molecule has 0 radical (unpaired) electrons. The standard InChI is InChI=1S/C16H12Br2F3NO2/c1-2-24-13-7-11(17)14(18)9(15(13)23)8-22-12-6-4-3-5-10(12)16(19,20)21/h3-8,23H,2H2,1H3. The van der Waals surface area contributed by atoms with Gasteiger partial charge in [0, 0.05) is 15.2 Å². The Balaban J connectivity index is 2.51. The number of alkyl halides is 3. The summed E-state index contributed by atoms with van der Waals surface area (Å²) in [5, 5.41) is 10.2. The van der Waals surface area contributed by atoms with E-state index in [0.717, 1.165) is 12.3 Å². The number of benzene rings is 2. The van der Waals surface area contributed by atoms with Crippen LogP contribution in [0.3, 0.4) is 0 Å². The molecule has 0 aliphatic rings. The van der Waals surface area contributed by atoms with Crippen LogP contribution in [0, 0.1) is 0 Å². The van der Waals surface area contributed by atoms with Gasteiger partial charge in [0.05, 0.1) is 23.4 Å². The maximum atomic E-state index is 13.0. The third-order valence-corrected chi connectivity index (χ3v) is 5.05. The van der Waals surface area contributed by atoms with Crippen molar-refractivity contribution in [2.75, 3.05) is 6.61 Å². The van der Waals surface area contributed by atoms with Crippen LogP contribution in [0.4, 0.5) is 18.9 Å². The number of halogens is 5. The van der Waals surface area contributed by atoms with Crippen molar-refractivity contribution in [3.8, 4) is 11.5 Å². The summed E-state index contributed by atoms with van der Waals surface area (Å²) in [5.41, 5.74) is -0.879. The van der Waals surface area contributed by atoms with Crippen LogP contribution in [-0.4, -0.2) is 17.9 Å². The molecule has 0 aliphatic carbocycles. The van der Waals surface area contributed by atoms with Crippen LogP contribution in [0.1, 0.15) is 18.1 Å². The van der Waals surface area contributed by atoms with Gasteiger partial charge >= 0.3 is 6.18 Å². The van der Waals surface area contributed by atoms with Crippen molar-refractivity contribution in [2.45, 2.75) is 13.1 Å². The lowest BCUT2D eigenvalue weighted by Gasteiger charge is -2.12. The summed E-state index contributed by atoms with van der Waals surface area (Å²) in [5.74, 6) is -0.00158. The quantitative estimate of drug-likeness (QED) is 0.554. The van der Waals surface area contributed by atoms with E-state index in [-0.39, 0.29) is 22.7 Å². The molecule has 0 unspecified atom stereocenters. The number of ether oxygens (including phenoxy) is 1. The van der Waals surface area contributed by atoms with Gasteiger partial charge in [-0.25, -0.2) is 0 Å². The van der Waals surface area contributed by atoms with Crippen molar-refractivity contribution in [1.82, 2.24) is 0 Å². The predicted molar refractivity (Wildman–Crippen MR) is 93.4 cm³/mol. The molecule has 0 heterocycles. The molecular formula is C16H12Br2F3NO2. The molecule has 24 heavy (non-hydrogen) atoms. The molecule has 3 nitrogen and oxygen atoms in total. The number of para-hydroxylation sites is 1. The van der Waals surface area contributed by atoms with E-state index < -0.39 is 11.7 Å². The first-order valence-corrected chi connectivity index (χ1v) is 8.38. The van der Waals surface area contributed by atoms with Gasteiger partial charge in [0.1, 0.15) is 0 Å². The summed E-state index contributed by atoms with van der Waals surface area (Å²) in [7, 11) is 0. The molecule has 8 heteroatoms. The van der Waals surface area contributed by atoms with Gasteiger partial charge in [-0.15, -0.1) is 0 Å². The zero-order valence-electron chi connectivity index (χ0n) is 12.4. The highest BCUT2D eigenvalue weighted by Crippen LogP contribution is 2.40. The molecule has 0 spiro atoms. The van der Waals surface area contributed by atoms with Crippen molar-refractivity contribution in [1.29, 1.82) is 0 Å². The van der Waals surface area contributed by atoms with Gasteiger partial charge in [0.25, 0.3) is 0 Å². The normalized spacial score (nSPS) is 11.9. The minimum atomic E-state index is -4.51. The molecular weight excluding hydrogens is 455 g/mol. The fraction of sp³-hybridized carbons (Fsp3) is 0.188. The van der Waals surface area contributed by atoms with Crippen molar-refractivity contribution >= 4 is 43.8 Å². The Morgan fingerprint density at radius 2 is 1.92 bits per heavy atom. The molecule has 0 saturated carbocycles. The van der Waals surface area contributed by atoms with E-state index in [1.54, 1.807) is 13.0 Å². The minimum absolute atomic E-state index is 0.207. The van der Waals surface area contributed by atoms with E-state index in [1.165, 1.54) is 18.2 Å². The summed E-state index contributed by atoms with van der Waals surface area (Å²) < 4.78 is 45.3. The number of phenols is 1. The zero-order chi connectivity index (χ0) is 17.9. The van der Waals surface area contributed by atoms with E-state index in [9.17, 15) is 18.3 Å². The number of phenolic OH excluding ortho intramolecular Hbond substituents is 1. The molecule has 2 aromatic rings. The Hall–Kier alpha value is -1.54. The fourth-order valence-electron chi connectivity index (χ4n) is 1.96. The number of aliphatic imine (C=N–C) groups is 1. The van der Waals surface area contributed by atoms with Crippen LogP contribution in [0.2, 0.25) is 0 Å². The largest absolute Gasteiger partial charge is 0.504 e. The average Bonchev–Trinajstić information content (AvgIpc) is 2.52. The van der Waals surface area contributed by atoms with Gasteiger partial charge in [0.2, 0.25) is 0 Å². The highest BCUT2D eigenvalue weighted by atomic mass is 79.9. The molecule has 0 atom stereocenters. The minimum Gasteiger partial charge on any atom is -0.504 e. The van der Waals surface area contributed by atoms with Crippen LogP contribution in [0.25, 0.3) is 0 Å². The highest BCUT2D eigenvalue weighted by molar-refractivity contribution is 9.13. The Morgan fingerprint density at radius 3 is 2.54 bits per heavy atom. The molecule has 0 aliphatic heterocycles. The van der Waals surface area contributed by atoms with Gasteiger partial charge in [-0.3, -0.25) is 4.99 Å². The Bertz CT molecular complexity index is 777. The van der Waals surface area contributed by atoms with Gasteiger partial charge < -0.3 is 9.84 Å².